The van der Waals surface area contributed by atoms with Crippen molar-refractivity contribution in [1.82, 2.24) is 0 Å². The lowest BCUT2D eigenvalue weighted by atomic mass is 9.91. The molecular weight excluding hydrogens is 241 g/mol. The summed E-state index contributed by atoms with van der Waals surface area (Å²) in [5.41, 5.74) is 0.243. The second-order valence-electron chi connectivity index (χ2n) is 4.47. The van der Waals surface area contributed by atoms with E-state index in [1.54, 1.807) is 0 Å². The molecule has 1 aliphatic heterocycles. The minimum atomic E-state index is -0.634. The first-order valence-corrected chi connectivity index (χ1v) is 5.76. The van der Waals surface area contributed by atoms with Gasteiger partial charge in [-0.1, -0.05) is 0 Å². The van der Waals surface area contributed by atoms with E-state index < -0.39 is 16.8 Å². The minimum Gasteiger partial charge on any atom is -0.393 e. The van der Waals surface area contributed by atoms with Gasteiger partial charge < -0.3 is 9.84 Å². The summed E-state index contributed by atoms with van der Waals surface area (Å²) in [7, 11) is 0. The summed E-state index contributed by atoms with van der Waals surface area (Å²) in [6, 6.07) is 3.48. The number of ether oxygens (including phenoxy) is 1. The van der Waals surface area contributed by atoms with Gasteiger partial charge in [-0.25, -0.2) is 4.39 Å². The zero-order chi connectivity index (χ0) is 13.1. The predicted octanol–water partition coefficient (Wildman–Crippen LogP) is 1.67. The molecule has 1 heterocycles. The average Bonchev–Trinajstić information content (AvgIpc) is 2.31. The predicted molar refractivity (Wildman–Crippen MR) is 61.7 cm³/mol. The van der Waals surface area contributed by atoms with Gasteiger partial charge in [0, 0.05) is 18.6 Å². The first-order chi connectivity index (χ1) is 8.56. The lowest BCUT2D eigenvalue weighted by Crippen LogP contribution is -2.33. The van der Waals surface area contributed by atoms with Crippen molar-refractivity contribution in [3.05, 3.63) is 39.7 Å². The highest BCUT2D eigenvalue weighted by Gasteiger charge is 2.24. The summed E-state index contributed by atoms with van der Waals surface area (Å²) < 4.78 is 18.5. The molecule has 1 saturated heterocycles. The van der Waals surface area contributed by atoms with Gasteiger partial charge in [-0.2, -0.15) is 0 Å². The number of aliphatic hydroxyl groups excluding tert-OH is 1. The third kappa shape index (κ3) is 3.02. The molecule has 1 N–H and O–H groups in total. The molecule has 2 unspecified atom stereocenters. The van der Waals surface area contributed by atoms with Crippen LogP contribution in [0.5, 0.6) is 0 Å². The highest BCUT2D eigenvalue weighted by atomic mass is 19.1. The molecule has 0 amide bonds. The second kappa shape index (κ2) is 5.41. The molecule has 0 spiro atoms. The summed E-state index contributed by atoms with van der Waals surface area (Å²) in [5, 5.41) is 20.4. The van der Waals surface area contributed by atoms with Crippen LogP contribution in [0.1, 0.15) is 12.0 Å². The molecule has 0 bridgehead atoms. The van der Waals surface area contributed by atoms with Gasteiger partial charge in [-0.05, 0) is 24.5 Å². The fraction of sp³-hybridized carbons (Fsp3) is 0.500. The van der Waals surface area contributed by atoms with Crippen molar-refractivity contribution in [3.63, 3.8) is 0 Å². The Balaban J connectivity index is 2.15. The molecule has 2 rings (SSSR count). The molecule has 0 aliphatic carbocycles. The molecule has 18 heavy (non-hydrogen) atoms. The maximum Gasteiger partial charge on any atom is 0.272 e. The van der Waals surface area contributed by atoms with Crippen LogP contribution in [0.15, 0.2) is 18.2 Å². The number of hydrogen-bond acceptors (Lipinski definition) is 4. The number of non-ortho nitro benzene ring substituents is 1. The fourth-order valence-corrected chi connectivity index (χ4v) is 2.14. The summed E-state index contributed by atoms with van der Waals surface area (Å²) in [6.07, 6.45) is 0.419. The zero-order valence-electron chi connectivity index (χ0n) is 9.71. The van der Waals surface area contributed by atoms with E-state index in [-0.39, 0.29) is 11.6 Å². The lowest BCUT2D eigenvalue weighted by Gasteiger charge is -2.27. The van der Waals surface area contributed by atoms with Crippen LogP contribution in [0.2, 0.25) is 0 Å². The van der Waals surface area contributed by atoms with Crippen LogP contribution >= 0.6 is 0 Å². The van der Waals surface area contributed by atoms with Crippen LogP contribution in [0.25, 0.3) is 0 Å². The Labute approximate surface area is 103 Å². The Morgan fingerprint density at radius 1 is 1.50 bits per heavy atom. The van der Waals surface area contributed by atoms with Crippen molar-refractivity contribution in [3.8, 4) is 0 Å². The van der Waals surface area contributed by atoms with Gasteiger partial charge in [0.05, 0.1) is 23.7 Å². The van der Waals surface area contributed by atoms with Crippen molar-refractivity contribution in [1.29, 1.82) is 0 Å². The van der Waals surface area contributed by atoms with Gasteiger partial charge in [0.2, 0.25) is 0 Å². The molecule has 1 aromatic carbocycles. The monoisotopic (exact) mass is 255 g/mol. The molecule has 6 heteroatoms. The normalized spacial score (nSPS) is 23.9. The van der Waals surface area contributed by atoms with Crippen molar-refractivity contribution in [2.24, 2.45) is 5.92 Å². The smallest absolute Gasteiger partial charge is 0.272 e. The SMILES string of the molecule is O=[N+]([O-])c1cc(F)cc(CC2COCCC2O)c1. The van der Waals surface area contributed by atoms with Gasteiger partial charge >= 0.3 is 0 Å². The molecule has 98 valence electrons. The van der Waals surface area contributed by atoms with E-state index in [9.17, 15) is 19.6 Å². The molecule has 0 radical (unpaired) electrons. The number of hydrogen-bond donors (Lipinski definition) is 1. The van der Waals surface area contributed by atoms with E-state index in [1.165, 1.54) is 12.1 Å². The average molecular weight is 255 g/mol. The molecule has 5 nitrogen and oxygen atoms in total. The summed E-state index contributed by atoms with van der Waals surface area (Å²) in [6.45, 7) is 0.909. The summed E-state index contributed by atoms with van der Waals surface area (Å²) in [5.74, 6) is -0.773. The zero-order valence-corrected chi connectivity index (χ0v) is 9.71. The maximum atomic E-state index is 13.2. The summed E-state index contributed by atoms with van der Waals surface area (Å²) in [4.78, 5) is 10.0. The van der Waals surface area contributed by atoms with Gasteiger partial charge in [0.15, 0.2) is 0 Å². The van der Waals surface area contributed by atoms with Crippen molar-refractivity contribution < 1.29 is 19.2 Å². The summed E-state index contributed by atoms with van der Waals surface area (Å²) >= 11 is 0. The topological polar surface area (TPSA) is 72.6 Å². The molecule has 0 aromatic heterocycles. The fourth-order valence-electron chi connectivity index (χ4n) is 2.14. The van der Waals surface area contributed by atoms with Gasteiger partial charge in [-0.3, -0.25) is 10.1 Å². The number of benzene rings is 1. The Hall–Kier alpha value is -1.53. The van der Waals surface area contributed by atoms with Gasteiger partial charge in [0.1, 0.15) is 5.82 Å². The molecule has 2 atom stereocenters. The van der Waals surface area contributed by atoms with E-state index in [4.69, 9.17) is 4.74 Å². The first kappa shape index (κ1) is 12.9. The third-order valence-corrected chi connectivity index (χ3v) is 3.09. The molecular formula is C12H14FNO4. The van der Waals surface area contributed by atoms with Crippen LogP contribution in [0, 0.1) is 21.8 Å². The van der Waals surface area contributed by atoms with Crippen molar-refractivity contribution in [2.75, 3.05) is 13.2 Å². The van der Waals surface area contributed by atoms with Crippen LogP contribution in [-0.4, -0.2) is 29.3 Å². The van der Waals surface area contributed by atoms with Crippen molar-refractivity contribution in [2.45, 2.75) is 18.9 Å². The van der Waals surface area contributed by atoms with Crippen LogP contribution in [0.3, 0.4) is 0 Å². The second-order valence-corrected chi connectivity index (χ2v) is 4.47. The molecule has 1 aliphatic rings. The van der Waals surface area contributed by atoms with E-state index in [1.807, 2.05) is 0 Å². The minimum absolute atomic E-state index is 0.139. The van der Waals surface area contributed by atoms with Gasteiger partial charge in [0.25, 0.3) is 5.69 Å². The van der Waals surface area contributed by atoms with Crippen LogP contribution in [-0.2, 0) is 11.2 Å². The Kier molecular flexibility index (Phi) is 3.88. The molecule has 1 fully saturated rings. The Morgan fingerprint density at radius 3 is 2.94 bits per heavy atom. The van der Waals surface area contributed by atoms with Crippen LogP contribution in [0.4, 0.5) is 10.1 Å². The number of nitro benzene ring substituents is 1. The van der Waals surface area contributed by atoms with E-state index >= 15 is 0 Å². The van der Waals surface area contributed by atoms with Crippen LogP contribution < -0.4 is 0 Å². The van der Waals surface area contributed by atoms with Crippen molar-refractivity contribution >= 4 is 5.69 Å². The third-order valence-electron chi connectivity index (χ3n) is 3.09. The highest BCUT2D eigenvalue weighted by Crippen LogP contribution is 2.23. The number of nitro groups is 1. The largest absolute Gasteiger partial charge is 0.393 e. The highest BCUT2D eigenvalue weighted by molar-refractivity contribution is 5.35. The lowest BCUT2D eigenvalue weighted by molar-refractivity contribution is -0.385. The molecule has 1 aromatic rings. The first-order valence-electron chi connectivity index (χ1n) is 5.76. The number of nitrogens with zero attached hydrogens (tertiary/aromatic N) is 1. The number of rotatable bonds is 3. The maximum absolute atomic E-state index is 13.2. The van der Waals surface area contributed by atoms with Gasteiger partial charge in [-0.15, -0.1) is 0 Å². The number of aliphatic hydroxyl groups is 1. The Bertz CT molecular complexity index is 452. The number of halogens is 1. The van der Waals surface area contributed by atoms with E-state index in [0.717, 1.165) is 6.07 Å². The standard InChI is InChI=1S/C12H14FNO4/c13-10-4-8(5-11(6-10)14(16)17)3-9-7-18-2-1-12(9)15/h4-6,9,12,15H,1-3,7H2. The van der Waals surface area contributed by atoms with E-state index in [2.05, 4.69) is 0 Å². The van der Waals surface area contributed by atoms with E-state index in [0.29, 0.717) is 31.6 Å². The molecule has 0 saturated carbocycles. The quantitative estimate of drug-likeness (QED) is 0.658. The Morgan fingerprint density at radius 2 is 2.28 bits per heavy atom.